The smallest absolute Gasteiger partial charge is 0.255 e. The minimum absolute atomic E-state index is 0.0744. The van der Waals surface area contributed by atoms with E-state index in [1.54, 1.807) is 5.51 Å². The normalized spacial score (nSPS) is 16.8. The number of thiazole rings is 1. The largest absolute Gasteiger partial charge is 0.379 e. The molecule has 0 saturated carbocycles. The Balaban J connectivity index is 1.72. The van der Waals surface area contributed by atoms with Gasteiger partial charge in [-0.2, -0.15) is 0 Å². The van der Waals surface area contributed by atoms with Crippen molar-refractivity contribution in [1.82, 2.24) is 15.2 Å². The fourth-order valence-corrected chi connectivity index (χ4v) is 3.54. The molecular formula is C16H17ClFN3O2S. The molecule has 0 radical (unpaired) electrons. The number of amides is 1. The summed E-state index contributed by atoms with van der Waals surface area (Å²) in [5.74, 6) is -1.15. The summed E-state index contributed by atoms with van der Waals surface area (Å²) in [6.07, 6.45) is 0. The summed E-state index contributed by atoms with van der Waals surface area (Å²) in [5.41, 5.74) is 2.53. The standard InChI is InChI=1S/C16H17ClFN3O2S/c17-11-2-1-3-12(18)15(11)16(22)19-8-14(13-9-24-10-20-13)21-4-6-23-7-5-21/h1-3,9-10,14H,4-8H2,(H,19,22). The van der Waals surface area contributed by atoms with Crippen molar-refractivity contribution >= 4 is 28.8 Å². The van der Waals surface area contributed by atoms with Crippen LogP contribution in [0.5, 0.6) is 0 Å². The first-order valence-electron chi connectivity index (χ1n) is 7.59. The van der Waals surface area contributed by atoms with E-state index in [1.165, 1.54) is 29.5 Å². The molecule has 1 aromatic heterocycles. The molecule has 128 valence electrons. The van der Waals surface area contributed by atoms with E-state index in [0.717, 1.165) is 18.8 Å². The van der Waals surface area contributed by atoms with Crippen LogP contribution in [0.1, 0.15) is 22.1 Å². The number of nitrogens with zero attached hydrogens (tertiary/aromatic N) is 2. The Hall–Kier alpha value is -1.54. The number of rotatable bonds is 5. The van der Waals surface area contributed by atoms with Crippen molar-refractivity contribution in [2.24, 2.45) is 0 Å². The molecule has 2 heterocycles. The molecule has 1 unspecified atom stereocenters. The molecule has 8 heteroatoms. The Morgan fingerprint density at radius 1 is 1.46 bits per heavy atom. The first kappa shape index (κ1) is 17.3. The van der Waals surface area contributed by atoms with Crippen molar-refractivity contribution in [3.05, 3.63) is 51.2 Å². The number of nitrogens with one attached hydrogen (secondary N) is 1. The van der Waals surface area contributed by atoms with E-state index in [-0.39, 0.29) is 16.6 Å². The summed E-state index contributed by atoms with van der Waals surface area (Å²) in [6, 6.07) is 4.12. The van der Waals surface area contributed by atoms with Crippen LogP contribution < -0.4 is 5.32 Å². The van der Waals surface area contributed by atoms with Crippen LogP contribution in [-0.2, 0) is 4.74 Å². The van der Waals surface area contributed by atoms with Gasteiger partial charge in [-0.25, -0.2) is 9.37 Å². The van der Waals surface area contributed by atoms with Gasteiger partial charge in [0.15, 0.2) is 0 Å². The van der Waals surface area contributed by atoms with Gasteiger partial charge in [0.2, 0.25) is 0 Å². The van der Waals surface area contributed by atoms with Crippen molar-refractivity contribution in [2.45, 2.75) is 6.04 Å². The van der Waals surface area contributed by atoms with Gasteiger partial charge in [-0.3, -0.25) is 9.69 Å². The van der Waals surface area contributed by atoms with Crippen molar-refractivity contribution in [2.75, 3.05) is 32.8 Å². The maximum atomic E-state index is 13.9. The number of ether oxygens (including phenoxy) is 1. The minimum atomic E-state index is -0.628. The monoisotopic (exact) mass is 369 g/mol. The molecule has 3 rings (SSSR count). The van der Waals surface area contributed by atoms with Crippen LogP contribution in [0.25, 0.3) is 0 Å². The molecule has 24 heavy (non-hydrogen) atoms. The second kappa shape index (κ2) is 8.02. The third-order valence-corrected chi connectivity index (χ3v) is 4.84. The SMILES string of the molecule is O=C(NCC(c1cscn1)N1CCOCC1)c1c(F)cccc1Cl. The van der Waals surface area contributed by atoms with Gasteiger partial charge in [0.05, 0.1) is 41.0 Å². The van der Waals surface area contributed by atoms with Gasteiger partial charge in [-0.1, -0.05) is 17.7 Å². The highest BCUT2D eigenvalue weighted by molar-refractivity contribution is 7.07. The lowest BCUT2D eigenvalue weighted by Crippen LogP contribution is -2.44. The topological polar surface area (TPSA) is 54.5 Å². The van der Waals surface area contributed by atoms with Crippen LogP contribution in [-0.4, -0.2) is 48.6 Å². The molecular weight excluding hydrogens is 353 g/mol. The fourth-order valence-electron chi connectivity index (χ4n) is 2.69. The van der Waals surface area contributed by atoms with Gasteiger partial charge in [-0.15, -0.1) is 11.3 Å². The van der Waals surface area contributed by atoms with Gasteiger partial charge >= 0.3 is 0 Å². The number of hydrogen-bond donors (Lipinski definition) is 1. The van der Waals surface area contributed by atoms with E-state index in [0.29, 0.717) is 19.8 Å². The summed E-state index contributed by atoms with van der Waals surface area (Å²) in [5, 5.41) is 4.85. The lowest BCUT2D eigenvalue weighted by Gasteiger charge is -2.33. The number of halogens is 2. The predicted molar refractivity (Wildman–Crippen MR) is 91.0 cm³/mol. The van der Waals surface area contributed by atoms with Crippen LogP contribution in [0, 0.1) is 5.82 Å². The Morgan fingerprint density at radius 2 is 2.25 bits per heavy atom. The van der Waals surface area contributed by atoms with Crippen LogP contribution in [0.2, 0.25) is 5.02 Å². The summed E-state index contributed by atoms with van der Waals surface area (Å²) in [4.78, 5) is 18.9. The third-order valence-electron chi connectivity index (χ3n) is 3.93. The van der Waals surface area contributed by atoms with Crippen LogP contribution in [0.15, 0.2) is 29.1 Å². The quantitative estimate of drug-likeness (QED) is 0.880. The molecule has 1 aromatic carbocycles. The number of carbonyl (C=O) groups excluding carboxylic acids is 1. The summed E-state index contributed by atoms with van der Waals surface area (Å²) in [6.45, 7) is 3.14. The summed E-state index contributed by atoms with van der Waals surface area (Å²) >= 11 is 7.45. The van der Waals surface area contributed by atoms with E-state index >= 15 is 0 Å². The van der Waals surface area contributed by atoms with Gasteiger partial charge in [0, 0.05) is 25.0 Å². The molecule has 0 spiro atoms. The highest BCUT2D eigenvalue weighted by atomic mass is 35.5. The van der Waals surface area contributed by atoms with Crippen molar-refractivity contribution < 1.29 is 13.9 Å². The second-order valence-corrected chi connectivity index (χ2v) is 6.51. The molecule has 1 aliphatic rings. The van der Waals surface area contributed by atoms with Crippen LogP contribution in [0.4, 0.5) is 4.39 Å². The van der Waals surface area contributed by atoms with Gasteiger partial charge < -0.3 is 10.1 Å². The first-order chi connectivity index (χ1) is 11.7. The zero-order valence-electron chi connectivity index (χ0n) is 12.9. The molecule has 1 amide bonds. The van der Waals surface area contributed by atoms with Gasteiger partial charge in [0.1, 0.15) is 5.82 Å². The van der Waals surface area contributed by atoms with E-state index in [1.807, 2.05) is 5.38 Å². The third kappa shape index (κ3) is 3.92. The molecule has 0 bridgehead atoms. The minimum Gasteiger partial charge on any atom is -0.379 e. The van der Waals surface area contributed by atoms with Crippen LogP contribution >= 0.6 is 22.9 Å². The van der Waals surface area contributed by atoms with Gasteiger partial charge in [-0.05, 0) is 12.1 Å². The summed E-state index contributed by atoms with van der Waals surface area (Å²) < 4.78 is 19.3. The van der Waals surface area contributed by atoms with E-state index in [2.05, 4.69) is 15.2 Å². The zero-order valence-corrected chi connectivity index (χ0v) is 14.4. The lowest BCUT2D eigenvalue weighted by atomic mass is 10.1. The Labute approximate surface area is 148 Å². The second-order valence-electron chi connectivity index (χ2n) is 5.38. The maximum Gasteiger partial charge on any atom is 0.255 e. The Kier molecular flexibility index (Phi) is 5.78. The highest BCUT2D eigenvalue weighted by Gasteiger charge is 2.25. The van der Waals surface area contributed by atoms with E-state index < -0.39 is 11.7 Å². The number of carbonyl (C=O) groups is 1. The molecule has 5 nitrogen and oxygen atoms in total. The Morgan fingerprint density at radius 3 is 2.92 bits per heavy atom. The molecule has 1 N–H and O–H groups in total. The van der Waals surface area contributed by atoms with Crippen molar-refractivity contribution in [3.8, 4) is 0 Å². The van der Waals surface area contributed by atoms with E-state index in [9.17, 15) is 9.18 Å². The Bertz CT molecular complexity index is 672. The molecule has 0 aliphatic carbocycles. The van der Waals surface area contributed by atoms with E-state index in [4.69, 9.17) is 16.3 Å². The van der Waals surface area contributed by atoms with Gasteiger partial charge in [0.25, 0.3) is 5.91 Å². The number of hydrogen-bond acceptors (Lipinski definition) is 5. The lowest BCUT2D eigenvalue weighted by molar-refractivity contribution is 0.0155. The molecule has 1 atom stereocenters. The van der Waals surface area contributed by atoms with Crippen LogP contribution in [0.3, 0.4) is 0 Å². The summed E-state index contributed by atoms with van der Waals surface area (Å²) in [7, 11) is 0. The molecule has 1 fully saturated rings. The average molecular weight is 370 g/mol. The fraction of sp³-hybridized carbons (Fsp3) is 0.375. The van der Waals surface area contributed by atoms with Crippen molar-refractivity contribution in [1.29, 1.82) is 0 Å². The number of benzene rings is 1. The maximum absolute atomic E-state index is 13.9. The number of morpholine rings is 1. The molecule has 1 saturated heterocycles. The molecule has 2 aromatic rings. The average Bonchev–Trinajstić information content (AvgIpc) is 3.10. The first-order valence-corrected chi connectivity index (χ1v) is 8.91. The molecule has 1 aliphatic heterocycles. The predicted octanol–water partition coefficient (Wildman–Crippen LogP) is 2.74. The number of aromatic nitrogens is 1. The zero-order chi connectivity index (χ0) is 16.9. The highest BCUT2D eigenvalue weighted by Crippen LogP contribution is 2.22. The van der Waals surface area contributed by atoms with Crippen molar-refractivity contribution in [3.63, 3.8) is 0 Å².